The van der Waals surface area contributed by atoms with Crippen molar-refractivity contribution in [3.63, 3.8) is 0 Å². The van der Waals surface area contributed by atoms with Gasteiger partial charge in [-0.05, 0) is 30.3 Å². The molecule has 8 heteroatoms. The summed E-state index contributed by atoms with van der Waals surface area (Å²) in [4.78, 5) is 25.6. The number of para-hydroxylation sites is 1. The van der Waals surface area contributed by atoms with E-state index < -0.39 is 11.7 Å². The first-order valence-corrected chi connectivity index (χ1v) is 8.74. The van der Waals surface area contributed by atoms with Crippen molar-refractivity contribution < 1.29 is 9.18 Å². The van der Waals surface area contributed by atoms with Crippen molar-refractivity contribution in [3.05, 3.63) is 71.4 Å². The summed E-state index contributed by atoms with van der Waals surface area (Å²) in [7, 11) is 0. The lowest BCUT2D eigenvalue weighted by Crippen LogP contribution is -2.15. The third-order valence-corrected chi connectivity index (χ3v) is 4.92. The molecule has 0 saturated heterocycles. The van der Waals surface area contributed by atoms with Gasteiger partial charge >= 0.3 is 0 Å². The topological polar surface area (TPSA) is 67.8 Å². The van der Waals surface area contributed by atoms with Crippen LogP contribution in [0.2, 0.25) is 5.02 Å². The SMILES string of the molecule is O=C(Nc1ccc(F)c(Cl)c1)c1nccnc1-c1nc2ccccc2s1. The molecule has 0 unspecified atom stereocenters. The Morgan fingerprint density at radius 3 is 2.73 bits per heavy atom. The van der Waals surface area contributed by atoms with Gasteiger partial charge in [0, 0.05) is 18.1 Å². The number of nitrogens with zero attached hydrogens (tertiary/aromatic N) is 3. The van der Waals surface area contributed by atoms with E-state index in [-0.39, 0.29) is 10.7 Å². The van der Waals surface area contributed by atoms with Crippen LogP contribution in [0.5, 0.6) is 0 Å². The molecule has 0 saturated carbocycles. The zero-order valence-electron chi connectivity index (χ0n) is 13.1. The molecule has 5 nitrogen and oxygen atoms in total. The number of carbonyl (C=O) groups is 1. The second kappa shape index (κ2) is 6.78. The lowest BCUT2D eigenvalue weighted by molar-refractivity contribution is 0.102. The molecule has 0 atom stereocenters. The van der Waals surface area contributed by atoms with Crippen molar-refractivity contribution in [1.82, 2.24) is 15.0 Å². The molecule has 0 aliphatic rings. The highest BCUT2D eigenvalue weighted by Crippen LogP contribution is 2.30. The zero-order chi connectivity index (χ0) is 18.1. The second-order valence-electron chi connectivity index (χ2n) is 5.32. The van der Waals surface area contributed by atoms with E-state index in [9.17, 15) is 9.18 Å². The van der Waals surface area contributed by atoms with Crippen molar-refractivity contribution in [2.75, 3.05) is 5.32 Å². The van der Waals surface area contributed by atoms with Crippen molar-refractivity contribution >= 4 is 44.7 Å². The first kappa shape index (κ1) is 16.6. The van der Waals surface area contributed by atoms with Crippen LogP contribution in [0.25, 0.3) is 20.9 Å². The van der Waals surface area contributed by atoms with Crippen molar-refractivity contribution in [2.45, 2.75) is 0 Å². The third-order valence-electron chi connectivity index (χ3n) is 3.59. The minimum Gasteiger partial charge on any atom is -0.321 e. The Labute approximate surface area is 156 Å². The Morgan fingerprint density at radius 2 is 1.92 bits per heavy atom. The van der Waals surface area contributed by atoms with Crippen LogP contribution < -0.4 is 5.32 Å². The van der Waals surface area contributed by atoms with Crippen LogP contribution in [-0.2, 0) is 0 Å². The summed E-state index contributed by atoms with van der Waals surface area (Å²) in [5.74, 6) is -1.03. The average molecular weight is 385 g/mol. The molecule has 0 fully saturated rings. The van der Waals surface area contributed by atoms with E-state index >= 15 is 0 Å². The van der Waals surface area contributed by atoms with Gasteiger partial charge < -0.3 is 5.32 Å². The van der Waals surface area contributed by atoms with Gasteiger partial charge in [0.15, 0.2) is 5.69 Å². The van der Waals surface area contributed by atoms with Gasteiger partial charge in [-0.1, -0.05) is 23.7 Å². The van der Waals surface area contributed by atoms with Crippen molar-refractivity contribution in [1.29, 1.82) is 0 Å². The number of anilines is 1. The zero-order valence-corrected chi connectivity index (χ0v) is 14.7. The predicted molar refractivity (Wildman–Crippen MR) is 100 cm³/mol. The molecular weight excluding hydrogens is 375 g/mol. The van der Waals surface area contributed by atoms with Crippen LogP contribution in [0.3, 0.4) is 0 Å². The minimum atomic E-state index is -0.556. The molecule has 2 aromatic heterocycles. The number of hydrogen-bond donors (Lipinski definition) is 1. The Balaban J connectivity index is 1.70. The number of fused-ring (bicyclic) bond motifs is 1. The summed E-state index contributed by atoms with van der Waals surface area (Å²) < 4.78 is 14.3. The summed E-state index contributed by atoms with van der Waals surface area (Å²) in [6, 6.07) is 11.6. The van der Waals surface area contributed by atoms with E-state index in [2.05, 4.69) is 20.3 Å². The number of rotatable bonds is 3. The fourth-order valence-corrected chi connectivity index (χ4v) is 3.54. The van der Waals surface area contributed by atoms with Crippen LogP contribution in [0.4, 0.5) is 10.1 Å². The molecule has 0 aliphatic carbocycles. The highest BCUT2D eigenvalue weighted by atomic mass is 35.5. The molecule has 4 aromatic rings. The van der Waals surface area contributed by atoms with Crippen LogP contribution in [0, 0.1) is 5.82 Å². The average Bonchev–Trinajstić information content (AvgIpc) is 3.09. The molecule has 1 amide bonds. The molecule has 0 bridgehead atoms. The maximum atomic E-state index is 13.3. The summed E-state index contributed by atoms with van der Waals surface area (Å²) in [6.07, 6.45) is 2.94. The molecule has 0 aliphatic heterocycles. The smallest absolute Gasteiger partial charge is 0.276 e. The summed E-state index contributed by atoms with van der Waals surface area (Å²) in [5.41, 5.74) is 1.71. The third kappa shape index (κ3) is 3.14. The van der Waals surface area contributed by atoms with E-state index in [1.54, 1.807) is 0 Å². The van der Waals surface area contributed by atoms with Crippen molar-refractivity contribution in [3.8, 4) is 10.7 Å². The maximum absolute atomic E-state index is 13.3. The van der Waals surface area contributed by atoms with Crippen LogP contribution in [0.15, 0.2) is 54.9 Å². The van der Waals surface area contributed by atoms with Gasteiger partial charge in [0.25, 0.3) is 5.91 Å². The van der Waals surface area contributed by atoms with Gasteiger partial charge in [-0.3, -0.25) is 4.79 Å². The molecule has 2 heterocycles. The highest BCUT2D eigenvalue weighted by Gasteiger charge is 2.19. The number of nitrogens with one attached hydrogen (secondary N) is 1. The molecular formula is C18H10ClFN4OS. The first-order chi connectivity index (χ1) is 12.6. The normalized spacial score (nSPS) is 10.8. The van der Waals surface area contributed by atoms with Gasteiger partial charge in [-0.2, -0.15) is 0 Å². The first-order valence-electron chi connectivity index (χ1n) is 7.55. The summed E-state index contributed by atoms with van der Waals surface area (Å²) >= 11 is 7.18. The number of carbonyl (C=O) groups excluding carboxylic acids is 1. The van der Waals surface area contributed by atoms with Crippen molar-refractivity contribution in [2.24, 2.45) is 0 Å². The van der Waals surface area contributed by atoms with E-state index in [1.165, 1.54) is 41.9 Å². The fraction of sp³-hybridized carbons (Fsp3) is 0. The van der Waals surface area contributed by atoms with Gasteiger partial charge in [0.05, 0.1) is 15.2 Å². The largest absolute Gasteiger partial charge is 0.321 e. The summed E-state index contributed by atoms with van der Waals surface area (Å²) in [5, 5.41) is 3.18. The van der Waals surface area contributed by atoms with E-state index in [0.717, 1.165) is 10.2 Å². The second-order valence-corrected chi connectivity index (χ2v) is 6.76. The minimum absolute atomic E-state index is 0.0756. The Hall–Kier alpha value is -2.90. The number of hydrogen-bond acceptors (Lipinski definition) is 5. The lowest BCUT2D eigenvalue weighted by Gasteiger charge is -2.07. The Kier molecular flexibility index (Phi) is 4.32. The van der Waals surface area contributed by atoms with Gasteiger partial charge in [0.1, 0.15) is 16.5 Å². The molecule has 1 N–H and O–H groups in total. The summed E-state index contributed by atoms with van der Waals surface area (Å²) in [6.45, 7) is 0. The van der Waals surface area contributed by atoms with Gasteiger partial charge in [-0.25, -0.2) is 19.3 Å². The molecule has 0 spiro atoms. The van der Waals surface area contributed by atoms with Gasteiger partial charge in [-0.15, -0.1) is 11.3 Å². The predicted octanol–water partition coefficient (Wildman–Crippen LogP) is 4.80. The van der Waals surface area contributed by atoms with E-state index in [1.807, 2.05) is 24.3 Å². The molecule has 4 rings (SSSR count). The number of thiazole rings is 1. The molecule has 128 valence electrons. The lowest BCUT2D eigenvalue weighted by atomic mass is 10.2. The van der Waals surface area contributed by atoms with E-state index in [4.69, 9.17) is 11.6 Å². The quantitative estimate of drug-likeness (QED) is 0.551. The molecule has 26 heavy (non-hydrogen) atoms. The maximum Gasteiger partial charge on any atom is 0.276 e. The monoisotopic (exact) mass is 384 g/mol. The number of amides is 1. The number of halogens is 2. The standard InChI is InChI=1S/C18H10ClFN4OS/c19-11-9-10(5-6-12(11)20)23-17(25)15-16(22-8-7-21-15)18-24-13-3-1-2-4-14(13)26-18/h1-9H,(H,23,25). The van der Waals surface area contributed by atoms with Crippen LogP contribution >= 0.6 is 22.9 Å². The van der Waals surface area contributed by atoms with Gasteiger partial charge in [0.2, 0.25) is 0 Å². The Morgan fingerprint density at radius 1 is 1.12 bits per heavy atom. The molecule has 2 aromatic carbocycles. The fourth-order valence-electron chi connectivity index (χ4n) is 2.40. The van der Waals surface area contributed by atoms with E-state index in [0.29, 0.717) is 16.4 Å². The van der Waals surface area contributed by atoms with Crippen LogP contribution in [0.1, 0.15) is 10.5 Å². The highest BCUT2D eigenvalue weighted by molar-refractivity contribution is 7.21. The number of benzene rings is 2. The number of aromatic nitrogens is 3. The van der Waals surface area contributed by atoms with Crippen LogP contribution in [-0.4, -0.2) is 20.9 Å². The Bertz CT molecular complexity index is 1100. The molecule has 0 radical (unpaired) electrons.